The summed E-state index contributed by atoms with van der Waals surface area (Å²) >= 11 is 0. The molecule has 0 aliphatic carbocycles. The SMILES string of the molecule is COc1cccc(COc2cccc(C#CCCO)c2)n1. The molecule has 0 fully saturated rings. The van der Waals surface area contributed by atoms with Crippen molar-refractivity contribution in [1.82, 2.24) is 4.98 Å². The standard InChI is InChI=1S/C17H17NO3/c1-20-17-10-5-8-15(18-17)13-21-16-9-4-7-14(12-16)6-2-3-11-19/h4-5,7-10,12,19H,3,11,13H2,1H3. The number of benzene rings is 1. The molecule has 0 atom stereocenters. The van der Waals surface area contributed by atoms with E-state index in [9.17, 15) is 0 Å². The zero-order valence-corrected chi connectivity index (χ0v) is 11.9. The topological polar surface area (TPSA) is 51.6 Å². The van der Waals surface area contributed by atoms with Gasteiger partial charge in [-0.3, -0.25) is 0 Å². The molecule has 0 spiro atoms. The first kappa shape index (κ1) is 14.9. The number of aromatic nitrogens is 1. The van der Waals surface area contributed by atoms with Crippen molar-refractivity contribution in [2.24, 2.45) is 0 Å². The van der Waals surface area contributed by atoms with Gasteiger partial charge in [-0.25, -0.2) is 4.98 Å². The van der Waals surface area contributed by atoms with Crippen molar-refractivity contribution in [2.75, 3.05) is 13.7 Å². The Morgan fingerprint density at radius 2 is 2.05 bits per heavy atom. The molecule has 4 heteroatoms. The van der Waals surface area contributed by atoms with Gasteiger partial charge in [0, 0.05) is 18.1 Å². The highest BCUT2D eigenvalue weighted by Crippen LogP contribution is 2.15. The summed E-state index contributed by atoms with van der Waals surface area (Å²) in [6.07, 6.45) is 0.471. The lowest BCUT2D eigenvalue weighted by atomic mass is 10.2. The maximum Gasteiger partial charge on any atom is 0.213 e. The van der Waals surface area contributed by atoms with Gasteiger partial charge in [-0.2, -0.15) is 0 Å². The number of aliphatic hydroxyl groups excluding tert-OH is 1. The molecule has 0 saturated carbocycles. The van der Waals surface area contributed by atoms with Gasteiger partial charge in [0.15, 0.2) is 0 Å². The molecule has 0 aliphatic rings. The molecule has 108 valence electrons. The van der Waals surface area contributed by atoms with E-state index in [2.05, 4.69) is 16.8 Å². The molecule has 4 nitrogen and oxygen atoms in total. The molecule has 0 radical (unpaired) electrons. The third-order valence-corrected chi connectivity index (χ3v) is 2.68. The van der Waals surface area contributed by atoms with Crippen molar-refractivity contribution in [3.05, 3.63) is 53.7 Å². The van der Waals surface area contributed by atoms with Crippen molar-refractivity contribution in [2.45, 2.75) is 13.0 Å². The number of ether oxygens (including phenoxy) is 2. The average molecular weight is 283 g/mol. The van der Waals surface area contributed by atoms with E-state index in [0.717, 1.165) is 17.0 Å². The Morgan fingerprint density at radius 3 is 2.86 bits per heavy atom. The summed E-state index contributed by atoms with van der Waals surface area (Å²) in [6, 6.07) is 13.1. The molecule has 0 unspecified atom stereocenters. The smallest absolute Gasteiger partial charge is 0.213 e. The summed E-state index contributed by atoms with van der Waals surface area (Å²) in [5.41, 5.74) is 1.66. The van der Waals surface area contributed by atoms with E-state index in [0.29, 0.717) is 18.9 Å². The summed E-state index contributed by atoms with van der Waals surface area (Å²) in [4.78, 5) is 4.29. The molecular formula is C17H17NO3. The zero-order valence-electron chi connectivity index (χ0n) is 11.9. The van der Waals surface area contributed by atoms with E-state index in [4.69, 9.17) is 14.6 Å². The molecule has 21 heavy (non-hydrogen) atoms. The number of methoxy groups -OCH3 is 1. The van der Waals surface area contributed by atoms with E-state index >= 15 is 0 Å². The van der Waals surface area contributed by atoms with Crippen LogP contribution in [0.4, 0.5) is 0 Å². The normalized spacial score (nSPS) is 9.62. The molecule has 2 aromatic rings. The highest BCUT2D eigenvalue weighted by Gasteiger charge is 2.00. The van der Waals surface area contributed by atoms with Crippen LogP contribution in [0.2, 0.25) is 0 Å². The molecule has 1 heterocycles. The first-order chi connectivity index (χ1) is 10.3. The highest BCUT2D eigenvalue weighted by molar-refractivity contribution is 5.39. The van der Waals surface area contributed by atoms with E-state index in [1.165, 1.54) is 0 Å². The first-order valence-corrected chi connectivity index (χ1v) is 6.64. The summed E-state index contributed by atoms with van der Waals surface area (Å²) in [7, 11) is 1.58. The molecule has 0 saturated heterocycles. The molecule has 2 rings (SSSR count). The van der Waals surface area contributed by atoms with Crippen molar-refractivity contribution < 1.29 is 14.6 Å². The number of pyridine rings is 1. The molecule has 1 aromatic heterocycles. The highest BCUT2D eigenvalue weighted by atomic mass is 16.5. The fourth-order valence-corrected chi connectivity index (χ4v) is 1.69. The third-order valence-electron chi connectivity index (χ3n) is 2.68. The van der Waals surface area contributed by atoms with Crippen LogP contribution in [0.1, 0.15) is 17.7 Å². The molecule has 1 aromatic carbocycles. The van der Waals surface area contributed by atoms with E-state index in [1.54, 1.807) is 13.2 Å². The second-order valence-corrected chi connectivity index (χ2v) is 4.26. The monoisotopic (exact) mass is 283 g/mol. The van der Waals surface area contributed by atoms with Crippen molar-refractivity contribution in [1.29, 1.82) is 0 Å². The Bertz CT molecular complexity index is 644. The summed E-state index contributed by atoms with van der Waals surface area (Å²) in [6.45, 7) is 0.440. The van der Waals surface area contributed by atoms with Gasteiger partial charge in [-0.05, 0) is 24.3 Å². The Hall–Kier alpha value is -2.51. The van der Waals surface area contributed by atoms with Crippen LogP contribution in [0.5, 0.6) is 11.6 Å². The maximum atomic E-state index is 8.71. The molecule has 0 aliphatic heterocycles. The van der Waals surface area contributed by atoms with E-state index in [1.807, 2.05) is 36.4 Å². The number of nitrogens with zero attached hydrogens (tertiary/aromatic N) is 1. The van der Waals surface area contributed by atoms with Crippen LogP contribution in [-0.4, -0.2) is 23.8 Å². The lowest BCUT2D eigenvalue weighted by Gasteiger charge is -2.07. The predicted molar refractivity (Wildman–Crippen MR) is 80.1 cm³/mol. The van der Waals surface area contributed by atoms with Crippen LogP contribution < -0.4 is 9.47 Å². The van der Waals surface area contributed by atoms with Crippen LogP contribution in [-0.2, 0) is 6.61 Å². The number of rotatable bonds is 5. The molecule has 1 N–H and O–H groups in total. The Kier molecular flexibility index (Phi) is 5.62. The fourth-order valence-electron chi connectivity index (χ4n) is 1.69. The minimum atomic E-state index is 0.0741. The molecule has 0 amide bonds. The van der Waals surface area contributed by atoms with Gasteiger partial charge in [0.05, 0.1) is 19.4 Å². The van der Waals surface area contributed by atoms with Gasteiger partial charge in [0.1, 0.15) is 12.4 Å². The Balaban J connectivity index is 2.00. The average Bonchev–Trinajstić information content (AvgIpc) is 2.54. The second kappa shape index (κ2) is 7.93. The molecule has 0 bridgehead atoms. The van der Waals surface area contributed by atoms with Crippen molar-refractivity contribution in [3.63, 3.8) is 0 Å². The largest absolute Gasteiger partial charge is 0.487 e. The minimum Gasteiger partial charge on any atom is -0.487 e. The maximum absolute atomic E-state index is 8.71. The number of aliphatic hydroxyl groups is 1. The van der Waals surface area contributed by atoms with Crippen LogP contribution >= 0.6 is 0 Å². The minimum absolute atomic E-state index is 0.0741. The van der Waals surface area contributed by atoms with Gasteiger partial charge in [0.25, 0.3) is 0 Å². The third kappa shape index (κ3) is 4.83. The van der Waals surface area contributed by atoms with Crippen molar-refractivity contribution >= 4 is 0 Å². The van der Waals surface area contributed by atoms with E-state index in [-0.39, 0.29) is 6.61 Å². The fraction of sp³-hybridized carbons (Fsp3) is 0.235. The zero-order chi connectivity index (χ0) is 14.9. The van der Waals surface area contributed by atoms with Gasteiger partial charge >= 0.3 is 0 Å². The predicted octanol–water partition coefficient (Wildman–Crippen LogP) is 2.40. The molecular weight excluding hydrogens is 266 g/mol. The summed E-state index contributed by atoms with van der Waals surface area (Å²) < 4.78 is 10.8. The summed E-state index contributed by atoms with van der Waals surface area (Å²) in [5, 5.41) is 8.71. The first-order valence-electron chi connectivity index (χ1n) is 6.64. The Labute approximate surface area is 124 Å². The van der Waals surface area contributed by atoms with Crippen LogP contribution in [0.3, 0.4) is 0 Å². The van der Waals surface area contributed by atoms with Crippen LogP contribution in [0.15, 0.2) is 42.5 Å². The number of hydrogen-bond donors (Lipinski definition) is 1. The van der Waals surface area contributed by atoms with Gasteiger partial charge < -0.3 is 14.6 Å². The second-order valence-electron chi connectivity index (χ2n) is 4.26. The summed E-state index contributed by atoms with van der Waals surface area (Å²) in [5.74, 6) is 7.16. The lowest BCUT2D eigenvalue weighted by Crippen LogP contribution is -1.99. The van der Waals surface area contributed by atoms with Crippen molar-refractivity contribution in [3.8, 4) is 23.5 Å². The lowest BCUT2D eigenvalue weighted by molar-refractivity contribution is 0.298. The van der Waals surface area contributed by atoms with Gasteiger partial charge in [-0.1, -0.05) is 24.0 Å². The quantitative estimate of drug-likeness (QED) is 0.856. The number of hydrogen-bond acceptors (Lipinski definition) is 4. The van der Waals surface area contributed by atoms with Crippen LogP contribution in [0, 0.1) is 11.8 Å². The Morgan fingerprint density at radius 1 is 1.19 bits per heavy atom. The van der Waals surface area contributed by atoms with E-state index < -0.39 is 0 Å². The van der Waals surface area contributed by atoms with Gasteiger partial charge in [0.2, 0.25) is 5.88 Å². The van der Waals surface area contributed by atoms with Crippen LogP contribution in [0.25, 0.3) is 0 Å². The van der Waals surface area contributed by atoms with Gasteiger partial charge in [-0.15, -0.1) is 0 Å².